The van der Waals surface area contributed by atoms with Crippen molar-refractivity contribution in [1.29, 1.82) is 0 Å². The van der Waals surface area contributed by atoms with Crippen LogP contribution in [0.5, 0.6) is 23.0 Å². The Hall–Kier alpha value is -4.00. The second-order valence-electron chi connectivity index (χ2n) is 6.26. The Balaban J connectivity index is 1.87. The molecule has 0 bridgehead atoms. The van der Waals surface area contributed by atoms with Gasteiger partial charge in [0.1, 0.15) is 11.3 Å². The molecule has 2 heterocycles. The molecule has 2 aromatic heterocycles. The molecule has 7 nitrogen and oxygen atoms in total. The fraction of sp³-hybridized carbons (Fsp3) is 0.0909. The van der Waals surface area contributed by atoms with Gasteiger partial charge in [-0.1, -0.05) is 12.1 Å². The summed E-state index contributed by atoms with van der Waals surface area (Å²) in [5.41, 5.74) is 2.60. The SMILES string of the molecule is COc1cc(-c2nc3ccccn3c2N=Cc2cccc(OC)c2O)ccc1O. The largest absolute Gasteiger partial charge is 0.504 e. The van der Waals surface area contributed by atoms with Crippen LogP contribution in [0.15, 0.2) is 65.8 Å². The van der Waals surface area contributed by atoms with E-state index in [1.54, 1.807) is 42.6 Å². The first kappa shape index (κ1) is 18.4. The van der Waals surface area contributed by atoms with Crippen molar-refractivity contribution < 1.29 is 19.7 Å². The van der Waals surface area contributed by atoms with E-state index in [0.29, 0.717) is 28.6 Å². The third-order valence-electron chi connectivity index (χ3n) is 4.53. The van der Waals surface area contributed by atoms with Gasteiger partial charge < -0.3 is 19.7 Å². The van der Waals surface area contributed by atoms with Crippen LogP contribution >= 0.6 is 0 Å². The molecule has 0 saturated carbocycles. The monoisotopic (exact) mass is 389 g/mol. The average molecular weight is 389 g/mol. The number of imidazole rings is 1. The minimum atomic E-state index is 0.0143. The zero-order chi connectivity index (χ0) is 20.4. The molecule has 29 heavy (non-hydrogen) atoms. The summed E-state index contributed by atoms with van der Waals surface area (Å²) in [7, 11) is 2.99. The number of aliphatic imine (C=N–C) groups is 1. The Morgan fingerprint density at radius 1 is 0.966 bits per heavy atom. The second kappa shape index (κ2) is 7.55. The smallest absolute Gasteiger partial charge is 0.166 e. The van der Waals surface area contributed by atoms with Crippen molar-refractivity contribution in [3.8, 4) is 34.3 Å². The fourth-order valence-electron chi connectivity index (χ4n) is 3.06. The molecule has 4 rings (SSSR count). The maximum Gasteiger partial charge on any atom is 0.166 e. The maximum atomic E-state index is 10.3. The summed E-state index contributed by atoms with van der Waals surface area (Å²) < 4.78 is 12.2. The number of methoxy groups -OCH3 is 2. The van der Waals surface area contributed by atoms with E-state index in [4.69, 9.17) is 9.47 Å². The van der Waals surface area contributed by atoms with Gasteiger partial charge in [0.2, 0.25) is 0 Å². The summed E-state index contributed by atoms with van der Waals surface area (Å²) in [6.07, 6.45) is 3.43. The van der Waals surface area contributed by atoms with E-state index < -0.39 is 0 Å². The summed E-state index contributed by atoms with van der Waals surface area (Å²) in [6, 6.07) is 15.9. The van der Waals surface area contributed by atoms with Crippen LogP contribution in [0.1, 0.15) is 5.56 Å². The Kier molecular flexibility index (Phi) is 4.78. The number of nitrogens with zero attached hydrogens (tertiary/aromatic N) is 3. The van der Waals surface area contributed by atoms with E-state index >= 15 is 0 Å². The number of para-hydroxylation sites is 1. The zero-order valence-corrected chi connectivity index (χ0v) is 15.9. The van der Waals surface area contributed by atoms with E-state index in [-0.39, 0.29) is 11.5 Å². The molecule has 146 valence electrons. The number of phenolic OH excluding ortho intramolecular Hbond substituents is 2. The highest BCUT2D eigenvalue weighted by Crippen LogP contribution is 2.36. The third-order valence-corrected chi connectivity index (χ3v) is 4.53. The molecular weight excluding hydrogens is 370 g/mol. The predicted molar refractivity (Wildman–Crippen MR) is 111 cm³/mol. The Labute approximate surface area is 167 Å². The molecular formula is C22H19N3O4. The molecule has 0 fully saturated rings. The van der Waals surface area contributed by atoms with Gasteiger partial charge in [-0.15, -0.1) is 0 Å². The van der Waals surface area contributed by atoms with Crippen LogP contribution in [0.3, 0.4) is 0 Å². The first-order valence-corrected chi connectivity index (χ1v) is 8.87. The van der Waals surface area contributed by atoms with Crippen molar-refractivity contribution in [3.63, 3.8) is 0 Å². The van der Waals surface area contributed by atoms with Gasteiger partial charge in [0, 0.05) is 23.5 Å². The molecule has 2 aromatic carbocycles. The molecule has 0 aliphatic rings. The molecule has 0 atom stereocenters. The van der Waals surface area contributed by atoms with Crippen LogP contribution in [0, 0.1) is 0 Å². The van der Waals surface area contributed by atoms with Crippen molar-refractivity contribution in [1.82, 2.24) is 9.38 Å². The zero-order valence-electron chi connectivity index (χ0n) is 15.9. The lowest BCUT2D eigenvalue weighted by molar-refractivity contribution is 0.373. The van der Waals surface area contributed by atoms with Crippen LogP contribution in [0.2, 0.25) is 0 Å². The normalized spacial score (nSPS) is 11.2. The van der Waals surface area contributed by atoms with Crippen molar-refractivity contribution in [2.45, 2.75) is 0 Å². The average Bonchev–Trinajstić information content (AvgIpc) is 3.12. The number of aromatic hydroxyl groups is 2. The van der Waals surface area contributed by atoms with Gasteiger partial charge in [-0.25, -0.2) is 9.98 Å². The van der Waals surface area contributed by atoms with Gasteiger partial charge >= 0.3 is 0 Å². The molecule has 0 unspecified atom stereocenters. The second-order valence-corrected chi connectivity index (χ2v) is 6.26. The Morgan fingerprint density at radius 2 is 1.79 bits per heavy atom. The van der Waals surface area contributed by atoms with Crippen LogP contribution in [0.25, 0.3) is 16.9 Å². The van der Waals surface area contributed by atoms with Gasteiger partial charge in [-0.2, -0.15) is 0 Å². The molecule has 7 heteroatoms. The summed E-state index contributed by atoms with van der Waals surface area (Å²) in [5, 5.41) is 20.2. The van der Waals surface area contributed by atoms with Crippen LogP contribution in [0.4, 0.5) is 5.82 Å². The third kappa shape index (κ3) is 3.34. The minimum Gasteiger partial charge on any atom is -0.504 e. The maximum absolute atomic E-state index is 10.3. The lowest BCUT2D eigenvalue weighted by Crippen LogP contribution is -1.89. The number of benzene rings is 2. The molecule has 4 aromatic rings. The Morgan fingerprint density at radius 3 is 2.59 bits per heavy atom. The van der Waals surface area contributed by atoms with E-state index in [1.165, 1.54) is 14.2 Å². The number of aromatic nitrogens is 2. The molecule has 0 radical (unpaired) electrons. The minimum absolute atomic E-state index is 0.0143. The predicted octanol–water partition coefficient (Wildman–Crippen LogP) is 4.18. The fourth-order valence-corrected chi connectivity index (χ4v) is 3.06. The number of rotatable bonds is 5. The summed E-state index contributed by atoms with van der Waals surface area (Å²) in [5.74, 6) is 1.36. The number of hydrogen-bond donors (Lipinski definition) is 2. The molecule has 0 aliphatic heterocycles. The summed E-state index contributed by atoms with van der Waals surface area (Å²) >= 11 is 0. The van der Waals surface area contributed by atoms with Gasteiger partial charge in [0.05, 0.1) is 14.2 Å². The number of pyridine rings is 1. The Bertz CT molecular complexity index is 1210. The van der Waals surface area contributed by atoms with Crippen LogP contribution < -0.4 is 9.47 Å². The quantitative estimate of drug-likeness (QED) is 0.500. The standard InChI is InChI=1S/C22H19N3O4/c1-28-17-7-5-6-15(21(17)27)13-23-22-20(24-19-8-3-4-11-25(19)22)14-9-10-16(26)18(12-14)29-2/h3-13,26-27H,1-2H3. The van der Waals surface area contributed by atoms with E-state index in [2.05, 4.69) is 9.98 Å². The molecule has 0 aliphatic carbocycles. The lowest BCUT2D eigenvalue weighted by Gasteiger charge is -2.06. The van der Waals surface area contributed by atoms with Crippen molar-refractivity contribution in [2.24, 2.45) is 4.99 Å². The first-order valence-electron chi connectivity index (χ1n) is 8.87. The topological polar surface area (TPSA) is 88.6 Å². The van der Waals surface area contributed by atoms with Gasteiger partial charge in [-0.3, -0.25) is 4.40 Å². The van der Waals surface area contributed by atoms with Crippen molar-refractivity contribution in [2.75, 3.05) is 14.2 Å². The highest BCUT2D eigenvalue weighted by molar-refractivity contribution is 5.88. The van der Waals surface area contributed by atoms with Crippen LogP contribution in [-0.4, -0.2) is 40.0 Å². The number of phenols is 2. The number of ether oxygens (including phenoxy) is 2. The van der Waals surface area contributed by atoms with Gasteiger partial charge in [0.15, 0.2) is 28.8 Å². The summed E-state index contributed by atoms with van der Waals surface area (Å²) in [4.78, 5) is 9.29. The highest BCUT2D eigenvalue weighted by Gasteiger charge is 2.15. The summed E-state index contributed by atoms with van der Waals surface area (Å²) in [6.45, 7) is 0. The molecule has 0 spiro atoms. The van der Waals surface area contributed by atoms with Gasteiger partial charge in [0.25, 0.3) is 0 Å². The van der Waals surface area contributed by atoms with Crippen molar-refractivity contribution >= 4 is 17.7 Å². The van der Waals surface area contributed by atoms with Crippen LogP contribution in [-0.2, 0) is 0 Å². The van der Waals surface area contributed by atoms with E-state index in [0.717, 1.165) is 11.2 Å². The van der Waals surface area contributed by atoms with Gasteiger partial charge in [-0.05, 0) is 42.5 Å². The lowest BCUT2D eigenvalue weighted by atomic mass is 10.1. The molecule has 2 N–H and O–H groups in total. The van der Waals surface area contributed by atoms with E-state index in [9.17, 15) is 10.2 Å². The highest BCUT2D eigenvalue weighted by atomic mass is 16.5. The molecule has 0 saturated heterocycles. The van der Waals surface area contributed by atoms with Crippen molar-refractivity contribution in [3.05, 3.63) is 66.4 Å². The number of fused-ring (bicyclic) bond motifs is 1. The molecule has 0 amide bonds. The van der Waals surface area contributed by atoms with E-state index in [1.807, 2.05) is 28.8 Å². The number of hydrogen-bond acceptors (Lipinski definition) is 6. The first-order chi connectivity index (χ1) is 14.1.